The van der Waals surface area contributed by atoms with E-state index in [2.05, 4.69) is 59.4 Å². The van der Waals surface area contributed by atoms with Gasteiger partial charge in [-0.15, -0.1) is 0 Å². The summed E-state index contributed by atoms with van der Waals surface area (Å²) in [7, 11) is 0. The minimum atomic E-state index is 0.332. The summed E-state index contributed by atoms with van der Waals surface area (Å²) in [6.45, 7) is 3.14. The van der Waals surface area contributed by atoms with E-state index < -0.39 is 0 Å². The van der Waals surface area contributed by atoms with Gasteiger partial charge in [0.1, 0.15) is 5.82 Å². The lowest BCUT2D eigenvalue weighted by molar-refractivity contribution is 0.485. The van der Waals surface area contributed by atoms with Crippen LogP contribution in [0.4, 0.5) is 5.82 Å². The molecule has 2 heterocycles. The third kappa shape index (κ3) is 1.70. The number of anilines is 1. The molecule has 0 aliphatic carbocycles. The second-order valence-electron chi connectivity index (χ2n) is 5.46. The predicted octanol–water partition coefficient (Wildman–Crippen LogP) is 3.75. The molecule has 0 saturated carbocycles. The summed E-state index contributed by atoms with van der Waals surface area (Å²) in [5, 5.41) is 9.51. The lowest BCUT2D eigenvalue weighted by Crippen LogP contribution is -2.24. The van der Waals surface area contributed by atoms with E-state index in [4.69, 9.17) is 5.10 Å². The van der Waals surface area contributed by atoms with Crippen LogP contribution in [0.1, 0.15) is 23.6 Å². The van der Waals surface area contributed by atoms with E-state index in [0.717, 1.165) is 24.3 Å². The highest BCUT2D eigenvalue weighted by atomic mass is 15.4. The Bertz CT molecular complexity index is 773. The van der Waals surface area contributed by atoms with Crippen molar-refractivity contribution >= 4 is 16.7 Å². The van der Waals surface area contributed by atoms with Gasteiger partial charge in [-0.05, 0) is 31.0 Å². The maximum Gasteiger partial charge on any atom is 0.132 e. The highest BCUT2D eigenvalue weighted by Crippen LogP contribution is 2.34. The quantitative estimate of drug-likeness (QED) is 0.724. The lowest BCUT2D eigenvalue weighted by Gasteiger charge is -2.26. The Morgan fingerprint density at radius 1 is 1.15 bits per heavy atom. The van der Waals surface area contributed by atoms with Gasteiger partial charge in [0.05, 0.1) is 11.6 Å². The van der Waals surface area contributed by atoms with Crippen LogP contribution in [0.3, 0.4) is 0 Å². The van der Waals surface area contributed by atoms with Gasteiger partial charge >= 0.3 is 0 Å². The monoisotopic (exact) mass is 263 g/mol. The van der Waals surface area contributed by atoms with E-state index in [-0.39, 0.29) is 0 Å². The van der Waals surface area contributed by atoms with E-state index >= 15 is 0 Å². The van der Waals surface area contributed by atoms with Crippen LogP contribution in [0.15, 0.2) is 48.5 Å². The summed E-state index contributed by atoms with van der Waals surface area (Å²) >= 11 is 0. The summed E-state index contributed by atoms with van der Waals surface area (Å²) in [5.41, 5.74) is 3.72. The number of rotatable bonds is 1. The minimum absolute atomic E-state index is 0.332. The van der Waals surface area contributed by atoms with Crippen molar-refractivity contribution in [2.75, 3.05) is 11.9 Å². The molecule has 1 aliphatic heterocycles. The molecular weight excluding hydrogens is 246 g/mol. The molecule has 4 rings (SSSR count). The molecule has 1 N–H and O–H groups in total. The van der Waals surface area contributed by atoms with E-state index in [1.54, 1.807) is 0 Å². The Labute approximate surface area is 118 Å². The molecule has 0 bridgehead atoms. The molecule has 2 aromatic carbocycles. The van der Waals surface area contributed by atoms with Crippen molar-refractivity contribution in [2.24, 2.45) is 0 Å². The van der Waals surface area contributed by atoms with Crippen molar-refractivity contribution in [1.29, 1.82) is 0 Å². The maximum absolute atomic E-state index is 4.79. The van der Waals surface area contributed by atoms with Gasteiger partial charge in [-0.2, -0.15) is 5.10 Å². The number of benzene rings is 2. The van der Waals surface area contributed by atoms with Gasteiger partial charge in [0.25, 0.3) is 0 Å². The molecule has 0 spiro atoms. The smallest absolute Gasteiger partial charge is 0.132 e. The molecule has 3 nitrogen and oxygen atoms in total. The molecule has 3 aromatic rings. The molecule has 1 unspecified atom stereocenters. The molecule has 0 radical (unpaired) electrons. The number of fused-ring (bicyclic) bond motifs is 3. The van der Waals surface area contributed by atoms with Crippen LogP contribution in [0.2, 0.25) is 0 Å². The average Bonchev–Trinajstić information content (AvgIpc) is 2.86. The largest absolute Gasteiger partial charge is 0.370 e. The fraction of sp³-hybridized carbons (Fsp3) is 0.235. The van der Waals surface area contributed by atoms with Crippen LogP contribution in [0.25, 0.3) is 10.9 Å². The molecule has 3 heteroatoms. The van der Waals surface area contributed by atoms with Crippen LogP contribution in [0, 0.1) is 6.92 Å². The highest BCUT2D eigenvalue weighted by molar-refractivity contribution is 5.90. The highest BCUT2D eigenvalue weighted by Gasteiger charge is 2.24. The first-order valence-corrected chi connectivity index (χ1v) is 7.10. The van der Waals surface area contributed by atoms with Gasteiger partial charge in [-0.1, -0.05) is 42.0 Å². The number of hydrogen-bond acceptors (Lipinski definition) is 2. The van der Waals surface area contributed by atoms with Crippen molar-refractivity contribution in [3.05, 3.63) is 59.7 Å². The van der Waals surface area contributed by atoms with Gasteiger partial charge in [0, 0.05) is 11.9 Å². The van der Waals surface area contributed by atoms with Crippen LogP contribution in [-0.4, -0.2) is 16.3 Å². The average molecular weight is 263 g/mol. The van der Waals surface area contributed by atoms with Crippen molar-refractivity contribution in [2.45, 2.75) is 19.4 Å². The van der Waals surface area contributed by atoms with E-state index in [0.29, 0.717) is 6.04 Å². The third-order valence-electron chi connectivity index (χ3n) is 4.04. The molecular formula is C17H17N3. The molecule has 1 aliphatic rings. The van der Waals surface area contributed by atoms with Crippen LogP contribution in [0.5, 0.6) is 0 Å². The van der Waals surface area contributed by atoms with Crippen LogP contribution in [-0.2, 0) is 0 Å². The van der Waals surface area contributed by atoms with E-state index in [1.165, 1.54) is 16.5 Å². The number of aryl methyl sites for hydroxylation is 1. The third-order valence-corrected chi connectivity index (χ3v) is 4.04. The van der Waals surface area contributed by atoms with Gasteiger partial charge in [-0.3, -0.25) is 0 Å². The fourth-order valence-corrected chi connectivity index (χ4v) is 3.09. The first kappa shape index (κ1) is 11.5. The zero-order valence-corrected chi connectivity index (χ0v) is 11.5. The fourth-order valence-electron chi connectivity index (χ4n) is 3.09. The summed E-state index contributed by atoms with van der Waals surface area (Å²) in [6, 6.07) is 17.4. The Morgan fingerprint density at radius 3 is 2.95 bits per heavy atom. The Balaban J connectivity index is 1.90. The zero-order chi connectivity index (χ0) is 13.5. The first-order valence-electron chi connectivity index (χ1n) is 7.10. The Kier molecular flexibility index (Phi) is 2.52. The molecule has 1 atom stereocenters. The summed E-state index contributed by atoms with van der Waals surface area (Å²) in [4.78, 5) is 0. The Morgan fingerprint density at radius 2 is 2.05 bits per heavy atom. The molecule has 1 aromatic heterocycles. The van der Waals surface area contributed by atoms with E-state index in [1.807, 2.05) is 6.07 Å². The molecule has 0 saturated heterocycles. The lowest BCUT2D eigenvalue weighted by atomic mass is 10.0. The molecule has 20 heavy (non-hydrogen) atoms. The Hall–Kier alpha value is -2.29. The number of nitrogens with zero attached hydrogens (tertiary/aromatic N) is 2. The van der Waals surface area contributed by atoms with Gasteiger partial charge < -0.3 is 5.32 Å². The SMILES string of the molecule is Cc1cccc(C2CCNc3c4ccccc4nn32)c1. The first-order chi connectivity index (χ1) is 9.83. The summed E-state index contributed by atoms with van der Waals surface area (Å²) in [6.07, 6.45) is 1.07. The predicted molar refractivity (Wildman–Crippen MR) is 82.2 cm³/mol. The number of hydrogen-bond donors (Lipinski definition) is 1. The zero-order valence-electron chi connectivity index (χ0n) is 11.5. The van der Waals surface area contributed by atoms with Crippen molar-refractivity contribution in [1.82, 2.24) is 9.78 Å². The number of nitrogens with one attached hydrogen (secondary N) is 1. The van der Waals surface area contributed by atoms with E-state index in [9.17, 15) is 0 Å². The summed E-state index contributed by atoms with van der Waals surface area (Å²) < 4.78 is 2.16. The second kappa shape index (κ2) is 4.37. The van der Waals surface area contributed by atoms with Crippen LogP contribution >= 0.6 is 0 Å². The van der Waals surface area contributed by atoms with Crippen molar-refractivity contribution in [3.8, 4) is 0 Å². The molecule has 0 amide bonds. The maximum atomic E-state index is 4.79. The molecule has 0 fully saturated rings. The minimum Gasteiger partial charge on any atom is -0.370 e. The van der Waals surface area contributed by atoms with Gasteiger partial charge in [0.2, 0.25) is 0 Å². The van der Waals surface area contributed by atoms with Gasteiger partial charge in [0.15, 0.2) is 0 Å². The summed E-state index contributed by atoms with van der Waals surface area (Å²) in [5.74, 6) is 1.15. The molecule has 100 valence electrons. The second-order valence-corrected chi connectivity index (χ2v) is 5.46. The standard InChI is InChI=1S/C17H17N3/c1-12-5-4-6-13(11-12)16-9-10-18-17-14-7-2-3-8-15(14)19-20(16)17/h2-8,11,16,18H,9-10H2,1H3. The van der Waals surface area contributed by atoms with Gasteiger partial charge in [-0.25, -0.2) is 4.68 Å². The van der Waals surface area contributed by atoms with Crippen molar-refractivity contribution < 1.29 is 0 Å². The van der Waals surface area contributed by atoms with Crippen molar-refractivity contribution in [3.63, 3.8) is 0 Å². The van der Waals surface area contributed by atoms with Crippen LogP contribution < -0.4 is 5.32 Å². The topological polar surface area (TPSA) is 29.9 Å². The normalized spacial score (nSPS) is 17.8. The number of aromatic nitrogens is 2.